The van der Waals surface area contributed by atoms with E-state index in [1.807, 2.05) is 6.92 Å². The third-order valence-electron chi connectivity index (χ3n) is 5.85. The maximum Gasteiger partial charge on any atom is 0.0951 e. The predicted molar refractivity (Wildman–Crippen MR) is 85.3 cm³/mol. The van der Waals surface area contributed by atoms with Crippen LogP contribution in [0.2, 0.25) is 5.02 Å². The Labute approximate surface area is 141 Å². The van der Waals surface area contributed by atoms with Crippen molar-refractivity contribution < 1.29 is 14.6 Å². The van der Waals surface area contributed by atoms with Gasteiger partial charge in [-0.15, -0.1) is 0 Å². The molecule has 4 atom stereocenters. The molecular weight excluding hydrogens is 318 g/mol. The molecule has 6 nitrogen and oxygen atoms in total. The van der Waals surface area contributed by atoms with Gasteiger partial charge in [0, 0.05) is 50.6 Å². The second-order valence-corrected chi connectivity index (χ2v) is 7.47. The largest absolute Gasteiger partial charge is 0.389 e. The van der Waals surface area contributed by atoms with Gasteiger partial charge in [-0.3, -0.25) is 10.00 Å². The van der Waals surface area contributed by atoms with E-state index in [1.165, 1.54) is 0 Å². The molecule has 0 aromatic carbocycles. The first kappa shape index (κ1) is 15.8. The molecule has 4 rings (SSSR count). The topological polar surface area (TPSA) is 70.6 Å². The lowest BCUT2D eigenvalue weighted by Crippen LogP contribution is -2.67. The van der Waals surface area contributed by atoms with Gasteiger partial charge < -0.3 is 14.6 Å². The van der Waals surface area contributed by atoms with Crippen molar-refractivity contribution in [2.75, 3.05) is 33.0 Å². The monoisotopic (exact) mass is 341 g/mol. The van der Waals surface area contributed by atoms with E-state index in [4.69, 9.17) is 21.1 Å². The Morgan fingerprint density at radius 1 is 1.39 bits per heavy atom. The minimum atomic E-state index is -0.662. The molecule has 2 N–H and O–H groups in total. The Hall–Kier alpha value is -0.660. The Balaban J connectivity index is 1.61. The summed E-state index contributed by atoms with van der Waals surface area (Å²) in [5.74, 6) is 0.260. The number of hydrogen-bond acceptors (Lipinski definition) is 5. The van der Waals surface area contributed by atoms with Crippen LogP contribution in [0.25, 0.3) is 0 Å². The number of rotatable bonds is 2. The van der Waals surface area contributed by atoms with Crippen LogP contribution in [0.1, 0.15) is 24.2 Å². The highest BCUT2D eigenvalue weighted by Crippen LogP contribution is 2.44. The fraction of sp³-hybridized carbons (Fsp3) is 0.812. The van der Waals surface area contributed by atoms with E-state index in [0.717, 1.165) is 31.0 Å². The first-order valence-electron chi connectivity index (χ1n) is 8.41. The predicted octanol–water partition coefficient (Wildman–Crippen LogP) is 1.36. The summed E-state index contributed by atoms with van der Waals surface area (Å²) >= 11 is 6.35. The number of hydrogen-bond donors (Lipinski definition) is 2. The fourth-order valence-corrected chi connectivity index (χ4v) is 4.66. The van der Waals surface area contributed by atoms with Crippen LogP contribution in [0.4, 0.5) is 0 Å². The van der Waals surface area contributed by atoms with Gasteiger partial charge in [0.15, 0.2) is 0 Å². The summed E-state index contributed by atoms with van der Waals surface area (Å²) in [6.07, 6.45) is 1.65. The number of fused-ring (bicyclic) bond motifs is 3. The zero-order valence-corrected chi connectivity index (χ0v) is 14.2. The van der Waals surface area contributed by atoms with E-state index in [0.29, 0.717) is 43.9 Å². The van der Waals surface area contributed by atoms with Crippen molar-refractivity contribution in [2.24, 2.45) is 11.8 Å². The maximum atomic E-state index is 11.3. The van der Waals surface area contributed by atoms with Gasteiger partial charge in [-0.2, -0.15) is 5.10 Å². The van der Waals surface area contributed by atoms with E-state index in [9.17, 15) is 5.11 Å². The van der Waals surface area contributed by atoms with Gasteiger partial charge in [0.25, 0.3) is 0 Å². The van der Waals surface area contributed by atoms with Gasteiger partial charge in [0.1, 0.15) is 0 Å². The van der Waals surface area contributed by atoms with Crippen molar-refractivity contribution in [1.82, 2.24) is 15.1 Å². The molecule has 0 unspecified atom stereocenters. The molecule has 1 aromatic rings. The minimum absolute atomic E-state index is 0.123. The average Bonchev–Trinajstić information content (AvgIpc) is 2.88. The van der Waals surface area contributed by atoms with Crippen LogP contribution in [0.15, 0.2) is 0 Å². The lowest BCUT2D eigenvalue weighted by Gasteiger charge is -2.57. The quantitative estimate of drug-likeness (QED) is 0.850. The smallest absolute Gasteiger partial charge is 0.0951 e. The standard InChI is InChI=1S/C16H24ClN3O3/c1-10-15(17)13(19-18-10)7-20-6-11-8-23-5-3-16(11,21)12-9-22-4-2-14(12)20/h11-12,14,21H,2-9H2,1H3,(H,18,19)/t11-,12+,14-,16-/m1/s1. The Kier molecular flexibility index (Phi) is 4.14. The molecular formula is C16H24ClN3O3. The highest BCUT2D eigenvalue weighted by molar-refractivity contribution is 6.31. The minimum Gasteiger partial charge on any atom is -0.389 e. The second-order valence-electron chi connectivity index (χ2n) is 7.09. The highest BCUT2D eigenvalue weighted by Gasteiger charge is 2.55. The van der Waals surface area contributed by atoms with Gasteiger partial charge in [0.05, 0.1) is 35.2 Å². The summed E-state index contributed by atoms with van der Waals surface area (Å²) in [5.41, 5.74) is 1.13. The molecule has 0 aliphatic carbocycles. The van der Waals surface area contributed by atoms with Gasteiger partial charge in [0.2, 0.25) is 0 Å². The molecule has 3 aliphatic heterocycles. The van der Waals surface area contributed by atoms with Crippen LogP contribution in [0.3, 0.4) is 0 Å². The molecule has 3 fully saturated rings. The number of halogens is 1. The number of aryl methyl sites for hydroxylation is 1. The van der Waals surface area contributed by atoms with E-state index >= 15 is 0 Å². The second kappa shape index (κ2) is 6.01. The molecule has 0 spiro atoms. The average molecular weight is 342 g/mol. The van der Waals surface area contributed by atoms with Crippen LogP contribution in [0, 0.1) is 18.8 Å². The number of aliphatic hydroxyl groups is 1. The highest BCUT2D eigenvalue weighted by atomic mass is 35.5. The number of H-pyrrole nitrogens is 1. The third-order valence-corrected chi connectivity index (χ3v) is 6.35. The normalized spacial score (nSPS) is 38.1. The van der Waals surface area contributed by atoms with Crippen molar-refractivity contribution in [1.29, 1.82) is 0 Å². The van der Waals surface area contributed by atoms with Crippen molar-refractivity contribution in [3.63, 3.8) is 0 Å². The molecule has 128 valence electrons. The Bertz CT molecular complexity index is 581. The molecule has 4 heterocycles. The summed E-state index contributed by atoms with van der Waals surface area (Å²) in [5, 5.41) is 19.3. The van der Waals surface area contributed by atoms with Crippen LogP contribution in [-0.2, 0) is 16.0 Å². The zero-order valence-electron chi connectivity index (χ0n) is 13.4. The van der Waals surface area contributed by atoms with E-state index in [-0.39, 0.29) is 11.8 Å². The summed E-state index contributed by atoms with van der Waals surface area (Å²) in [7, 11) is 0. The molecule has 0 amide bonds. The summed E-state index contributed by atoms with van der Waals surface area (Å²) in [4.78, 5) is 2.42. The van der Waals surface area contributed by atoms with Crippen LogP contribution >= 0.6 is 11.6 Å². The maximum absolute atomic E-state index is 11.3. The fourth-order valence-electron chi connectivity index (χ4n) is 4.51. The molecule has 23 heavy (non-hydrogen) atoms. The number of nitrogens with zero attached hydrogens (tertiary/aromatic N) is 2. The number of likely N-dealkylation sites (tertiary alicyclic amines) is 1. The van der Waals surface area contributed by atoms with E-state index < -0.39 is 5.60 Å². The van der Waals surface area contributed by atoms with E-state index in [1.54, 1.807) is 0 Å². The van der Waals surface area contributed by atoms with Crippen LogP contribution < -0.4 is 0 Å². The number of ether oxygens (including phenoxy) is 2. The first-order chi connectivity index (χ1) is 11.1. The van der Waals surface area contributed by atoms with Crippen molar-refractivity contribution in [2.45, 2.75) is 38.0 Å². The molecule has 0 radical (unpaired) electrons. The Morgan fingerprint density at radius 3 is 3.00 bits per heavy atom. The van der Waals surface area contributed by atoms with Gasteiger partial charge in [-0.1, -0.05) is 11.6 Å². The van der Waals surface area contributed by atoms with Gasteiger partial charge in [-0.05, 0) is 13.3 Å². The molecule has 1 aromatic heterocycles. The van der Waals surface area contributed by atoms with Crippen LogP contribution in [0.5, 0.6) is 0 Å². The van der Waals surface area contributed by atoms with Crippen molar-refractivity contribution >= 4 is 11.6 Å². The molecule has 3 aliphatic rings. The van der Waals surface area contributed by atoms with Crippen molar-refractivity contribution in [3.05, 3.63) is 16.4 Å². The third kappa shape index (κ3) is 2.61. The Morgan fingerprint density at radius 2 is 2.22 bits per heavy atom. The van der Waals surface area contributed by atoms with Gasteiger partial charge in [-0.25, -0.2) is 0 Å². The summed E-state index contributed by atoms with van der Waals surface area (Å²) in [6, 6.07) is 0.316. The van der Waals surface area contributed by atoms with Gasteiger partial charge >= 0.3 is 0 Å². The van der Waals surface area contributed by atoms with Crippen LogP contribution in [-0.4, -0.2) is 64.8 Å². The van der Waals surface area contributed by atoms with E-state index in [2.05, 4.69) is 15.1 Å². The number of aromatic nitrogens is 2. The molecule has 7 heteroatoms. The molecule has 0 saturated carbocycles. The molecule has 3 saturated heterocycles. The lowest BCUT2D eigenvalue weighted by molar-refractivity contribution is -0.221. The number of nitrogens with one attached hydrogen (secondary N) is 1. The SMILES string of the molecule is Cc1[nH]nc(CN2C[C@@H]3COCC[C@]3(O)[C@H]3COCC[C@H]32)c1Cl. The number of piperidine rings is 1. The summed E-state index contributed by atoms with van der Waals surface area (Å²) in [6.45, 7) is 6.09. The summed E-state index contributed by atoms with van der Waals surface area (Å²) < 4.78 is 11.3. The number of aromatic amines is 1. The molecule has 0 bridgehead atoms. The van der Waals surface area contributed by atoms with Crippen molar-refractivity contribution in [3.8, 4) is 0 Å². The lowest BCUT2D eigenvalue weighted by atomic mass is 9.66. The first-order valence-corrected chi connectivity index (χ1v) is 8.78. The zero-order chi connectivity index (χ0) is 16.0.